The molecular formula is C17H17FN2OS. The van der Waals surface area contributed by atoms with Gasteiger partial charge in [0, 0.05) is 19.1 Å². The van der Waals surface area contributed by atoms with Crippen molar-refractivity contribution >= 4 is 26.7 Å². The predicted octanol–water partition coefficient (Wildman–Crippen LogP) is 3.70. The number of benzene rings is 2. The third-order valence-corrected chi connectivity index (χ3v) is 4.53. The molecule has 0 radical (unpaired) electrons. The molecule has 0 saturated carbocycles. The van der Waals surface area contributed by atoms with E-state index in [2.05, 4.69) is 10.3 Å². The van der Waals surface area contributed by atoms with Gasteiger partial charge in [0.15, 0.2) is 5.13 Å². The molecule has 0 unspecified atom stereocenters. The summed E-state index contributed by atoms with van der Waals surface area (Å²) >= 11 is 1.60. The Morgan fingerprint density at radius 3 is 2.64 bits per heavy atom. The highest BCUT2D eigenvalue weighted by Gasteiger charge is 2.10. The van der Waals surface area contributed by atoms with Crippen LogP contribution in [0.4, 0.5) is 9.52 Å². The molecule has 0 fully saturated rings. The molecule has 0 spiro atoms. The van der Waals surface area contributed by atoms with Crippen LogP contribution in [0.5, 0.6) is 0 Å². The third kappa shape index (κ3) is 3.61. The van der Waals surface area contributed by atoms with Gasteiger partial charge in [0.1, 0.15) is 5.82 Å². The number of hydrogen-bond donors (Lipinski definition) is 2. The van der Waals surface area contributed by atoms with Crippen LogP contribution in [-0.2, 0) is 6.42 Å². The molecule has 1 heterocycles. The van der Waals surface area contributed by atoms with E-state index in [1.54, 1.807) is 23.5 Å². The number of aromatic nitrogens is 1. The number of aliphatic hydroxyl groups excluding tert-OH is 1. The monoisotopic (exact) mass is 316 g/mol. The molecule has 1 aromatic heterocycles. The summed E-state index contributed by atoms with van der Waals surface area (Å²) in [4.78, 5) is 4.51. The SMILES string of the molecule is OC[C@H](CNc1nc2ccccc2s1)Cc1ccc(F)cc1. The molecule has 0 aliphatic carbocycles. The molecule has 0 saturated heterocycles. The largest absolute Gasteiger partial charge is 0.396 e. The summed E-state index contributed by atoms with van der Waals surface area (Å²) in [5.41, 5.74) is 2.00. The highest BCUT2D eigenvalue weighted by molar-refractivity contribution is 7.22. The maximum atomic E-state index is 12.9. The van der Waals surface area contributed by atoms with E-state index in [1.807, 2.05) is 24.3 Å². The highest BCUT2D eigenvalue weighted by atomic mass is 32.1. The minimum atomic E-state index is -0.239. The van der Waals surface area contributed by atoms with E-state index in [-0.39, 0.29) is 18.3 Å². The van der Waals surface area contributed by atoms with Crippen LogP contribution in [0.3, 0.4) is 0 Å². The van der Waals surface area contributed by atoms with Gasteiger partial charge in [-0.15, -0.1) is 0 Å². The molecule has 5 heteroatoms. The molecule has 2 aromatic carbocycles. The average molecular weight is 316 g/mol. The Labute approximate surface area is 132 Å². The fraction of sp³-hybridized carbons (Fsp3) is 0.235. The fourth-order valence-corrected chi connectivity index (χ4v) is 3.21. The van der Waals surface area contributed by atoms with Crippen LogP contribution >= 0.6 is 11.3 Å². The molecule has 0 amide bonds. The fourth-order valence-electron chi connectivity index (χ4n) is 2.33. The minimum absolute atomic E-state index is 0.0671. The van der Waals surface area contributed by atoms with Crippen molar-refractivity contribution in [1.29, 1.82) is 0 Å². The zero-order valence-electron chi connectivity index (χ0n) is 12.0. The number of rotatable bonds is 6. The van der Waals surface area contributed by atoms with Crippen LogP contribution in [0, 0.1) is 11.7 Å². The van der Waals surface area contributed by atoms with Crippen LogP contribution in [0.1, 0.15) is 5.56 Å². The topological polar surface area (TPSA) is 45.1 Å². The van der Waals surface area contributed by atoms with Crippen molar-refractivity contribution in [3.63, 3.8) is 0 Å². The van der Waals surface area contributed by atoms with Crippen molar-refractivity contribution in [3.8, 4) is 0 Å². The van der Waals surface area contributed by atoms with E-state index in [4.69, 9.17) is 0 Å². The molecule has 2 N–H and O–H groups in total. The number of anilines is 1. The summed E-state index contributed by atoms with van der Waals surface area (Å²) in [5.74, 6) is -0.172. The normalized spacial score (nSPS) is 12.5. The molecule has 1 atom stereocenters. The standard InChI is InChI=1S/C17H17FN2OS/c18-14-7-5-12(6-8-14)9-13(11-21)10-19-17-20-15-3-1-2-4-16(15)22-17/h1-8,13,21H,9-11H2,(H,19,20)/t13-/m0/s1. The van der Waals surface area contributed by atoms with Gasteiger partial charge in [0.05, 0.1) is 10.2 Å². The summed E-state index contributed by atoms with van der Waals surface area (Å²) in [6.07, 6.45) is 0.703. The molecule has 3 nitrogen and oxygen atoms in total. The average Bonchev–Trinajstić information content (AvgIpc) is 2.96. The molecule has 0 aliphatic heterocycles. The first-order valence-corrected chi connectivity index (χ1v) is 8.01. The lowest BCUT2D eigenvalue weighted by atomic mass is 10.00. The highest BCUT2D eigenvalue weighted by Crippen LogP contribution is 2.25. The van der Waals surface area contributed by atoms with Gasteiger partial charge in [0.25, 0.3) is 0 Å². The van der Waals surface area contributed by atoms with Crippen molar-refractivity contribution in [2.45, 2.75) is 6.42 Å². The molecule has 3 rings (SSSR count). The van der Waals surface area contributed by atoms with Crippen LogP contribution in [0.2, 0.25) is 0 Å². The molecule has 3 aromatic rings. The van der Waals surface area contributed by atoms with E-state index < -0.39 is 0 Å². The number of halogens is 1. The summed E-state index contributed by atoms with van der Waals surface area (Å²) in [6.45, 7) is 0.711. The zero-order valence-corrected chi connectivity index (χ0v) is 12.8. The molecule has 0 bridgehead atoms. The Morgan fingerprint density at radius 1 is 1.14 bits per heavy atom. The Balaban J connectivity index is 1.61. The molecule has 0 aliphatic rings. The first-order chi connectivity index (χ1) is 10.7. The van der Waals surface area contributed by atoms with E-state index >= 15 is 0 Å². The molecule has 114 valence electrons. The minimum Gasteiger partial charge on any atom is -0.396 e. The predicted molar refractivity (Wildman–Crippen MR) is 88.8 cm³/mol. The van der Waals surface area contributed by atoms with Crippen molar-refractivity contribution < 1.29 is 9.50 Å². The Hall–Kier alpha value is -1.98. The lowest BCUT2D eigenvalue weighted by molar-refractivity contribution is 0.232. The van der Waals surface area contributed by atoms with Crippen LogP contribution in [0.25, 0.3) is 10.2 Å². The van der Waals surface area contributed by atoms with Crippen LogP contribution < -0.4 is 5.32 Å². The summed E-state index contributed by atoms with van der Waals surface area (Å²) in [6, 6.07) is 14.4. The molecule has 22 heavy (non-hydrogen) atoms. The van der Waals surface area contributed by atoms with Crippen LogP contribution in [-0.4, -0.2) is 23.2 Å². The lowest BCUT2D eigenvalue weighted by Crippen LogP contribution is -2.20. The summed E-state index contributed by atoms with van der Waals surface area (Å²) in [7, 11) is 0. The van der Waals surface area contributed by atoms with E-state index in [0.29, 0.717) is 13.0 Å². The van der Waals surface area contributed by atoms with Gasteiger partial charge in [-0.3, -0.25) is 0 Å². The summed E-state index contributed by atoms with van der Waals surface area (Å²) in [5, 5.41) is 13.7. The van der Waals surface area contributed by atoms with Crippen molar-refractivity contribution in [2.24, 2.45) is 5.92 Å². The van der Waals surface area contributed by atoms with E-state index in [9.17, 15) is 9.50 Å². The van der Waals surface area contributed by atoms with E-state index in [0.717, 1.165) is 20.9 Å². The molecular weight excluding hydrogens is 299 g/mol. The van der Waals surface area contributed by atoms with Gasteiger partial charge in [-0.1, -0.05) is 35.6 Å². The Bertz CT molecular complexity index is 709. The second kappa shape index (κ2) is 6.85. The van der Waals surface area contributed by atoms with Gasteiger partial charge in [-0.2, -0.15) is 0 Å². The first-order valence-electron chi connectivity index (χ1n) is 7.19. The number of aliphatic hydroxyl groups is 1. The second-order valence-electron chi connectivity index (χ2n) is 5.25. The van der Waals surface area contributed by atoms with Crippen molar-refractivity contribution in [2.75, 3.05) is 18.5 Å². The first kappa shape index (κ1) is 14.9. The second-order valence-corrected chi connectivity index (χ2v) is 6.28. The number of hydrogen-bond acceptors (Lipinski definition) is 4. The van der Waals surface area contributed by atoms with Gasteiger partial charge < -0.3 is 10.4 Å². The van der Waals surface area contributed by atoms with Crippen molar-refractivity contribution in [1.82, 2.24) is 4.98 Å². The zero-order chi connectivity index (χ0) is 15.4. The smallest absolute Gasteiger partial charge is 0.183 e. The van der Waals surface area contributed by atoms with Gasteiger partial charge in [0.2, 0.25) is 0 Å². The quantitative estimate of drug-likeness (QED) is 0.729. The maximum absolute atomic E-state index is 12.9. The maximum Gasteiger partial charge on any atom is 0.183 e. The van der Waals surface area contributed by atoms with Gasteiger partial charge in [-0.25, -0.2) is 9.37 Å². The number of nitrogens with zero attached hydrogens (tertiary/aromatic N) is 1. The Kier molecular flexibility index (Phi) is 4.65. The number of nitrogens with one attached hydrogen (secondary N) is 1. The lowest BCUT2D eigenvalue weighted by Gasteiger charge is -2.14. The summed E-state index contributed by atoms with van der Waals surface area (Å²) < 4.78 is 14.1. The van der Waals surface area contributed by atoms with E-state index in [1.165, 1.54) is 12.1 Å². The van der Waals surface area contributed by atoms with Gasteiger partial charge in [-0.05, 0) is 36.2 Å². The number of thiazole rings is 1. The number of para-hydroxylation sites is 1. The Morgan fingerprint density at radius 2 is 1.91 bits per heavy atom. The van der Waals surface area contributed by atoms with Crippen LogP contribution in [0.15, 0.2) is 48.5 Å². The van der Waals surface area contributed by atoms with Gasteiger partial charge >= 0.3 is 0 Å². The third-order valence-electron chi connectivity index (χ3n) is 3.53. The number of fused-ring (bicyclic) bond motifs is 1. The van der Waals surface area contributed by atoms with Crippen molar-refractivity contribution in [3.05, 3.63) is 59.9 Å².